The summed E-state index contributed by atoms with van der Waals surface area (Å²) in [5, 5.41) is 0.134. The van der Waals surface area contributed by atoms with Gasteiger partial charge in [0.1, 0.15) is 0 Å². The molecule has 106 valence electrons. The Balaban J connectivity index is 2.43. The van der Waals surface area contributed by atoms with Crippen molar-refractivity contribution in [1.29, 1.82) is 0 Å². The lowest BCUT2D eigenvalue weighted by molar-refractivity contribution is 0.0156. The van der Waals surface area contributed by atoms with Gasteiger partial charge in [0.25, 0.3) is 5.92 Å². The van der Waals surface area contributed by atoms with E-state index in [0.29, 0.717) is 18.0 Å². The van der Waals surface area contributed by atoms with Crippen LogP contribution in [0.2, 0.25) is 5.02 Å². The van der Waals surface area contributed by atoms with Gasteiger partial charge in [0.2, 0.25) is 0 Å². The minimum absolute atomic E-state index is 0.0342. The fourth-order valence-electron chi connectivity index (χ4n) is 2.92. The molecule has 0 radical (unpaired) electrons. The van der Waals surface area contributed by atoms with Gasteiger partial charge in [0.15, 0.2) is 0 Å². The van der Waals surface area contributed by atoms with Crippen LogP contribution in [0.4, 0.5) is 8.78 Å². The molecule has 2 rings (SSSR count). The first kappa shape index (κ1) is 14.7. The van der Waals surface area contributed by atoms with E-state index in [-0.39, 0.29) is 16.6 Å². The second kappa shape index (κ2) is 5.35. The van der Waals surface area contributed by atoms with Crippen LogP contribution >= 0.6 is 11.6 Å². The molecule has 1 aromatic rings. The molecule has 2 unspecified atom stereocenters. The molecule has 0 spiro atoms. The molecule has 0 aliphatic carbocycles. The number of halogens is 3. The highest BCUT2D eigenvalue weighted by Crippen LogP contribution is 2.43. The quantitative estimate of drug-likeness (QED) is 0.924. The van der Waals surface area contributed by atoms with Gasteiger partial charge in [-0.2, -0.15) is 0 Å². The zero-order chi connectivity index (χ0) is 14.2. The largest absolute Gasteiger partial charge is 0.330 e. The van der Waals surface area contributed by atoms with Crippen LogP contribution in [0.1, 0.15) is 30.5 Å². The fraction of sp³-hybridized carbons (Fsp3) is 0.571. The standard InChI is InChI=1S/C14H19ClF2N2/c1-14(16,17)13-10(4-3-5-11(13)15)12-6-9(7-18)8-19(12)2/h3-5,9,12H,6-8,18H2,1-2H3. The maximum atomic E-state index is 13.8. The Bertz CT molecular complexity index is 459. The monoisotopic (exact) mass is 288 g/mol. The third-order valence-corrected chi connectivity index (χ3v) is 4.13. The lowest BCUT2D eigenvalue weighted by Gasteiger charge is -2.25. The lowest BCUT2D eigenvalue weighted by Crippen LogP contribution is -2.23. The Labute approximate surface area is 117 Å². The Hall–Kier alpha value is -0.710. The molecule has 2 atom stereocenters. The Kier molecular flexibility index (Phi) is 4.14. The van der Waals surface area contributed by atoms with Gasteiger partial charge in [-0.05, 0) is 37.6 Å². The minimum Gasteiger partial charge on any atom is -0.330 e. The van der Waals surface area contributed by atoms with Crippen molar-refractivity contribution in [2.75, 3.05) is 20.1 Å². The molecule has 0 bridgehead atoms. The van der Waals surface area contributed by atoms with Crippen molar-refractivity contribution in [3.05, 3.63) is 34.3 Å². The van der Waals surface area contributed by atoms with Crippen LogP contribution in [0.3, 0.4) is 0 Å². The van der Waals surface area contributed by atoms with Gasteiger partial charge in [0, 0.05) is 25.1 Å². The third-order valence-electron chi connectivity index (χ3n) is 3.81. The molecule has 2 nitrogen and oxygen atoms in total. The average molecular weight is 289 g/mol. The second-order valence-electron chi connectivity index (χ2n) is 5.39. The molecule has 1 saturated heterocycles. The summed E-state index contributed by atoms with van der Waals surface area (Å²) in [6, 6.07) is 4.97. The number of hydrogen-bond acceptors (Lipinski definition) is 2. The number of hydrogen-bond donors (Lipinski definition) is 1. The van der Waals surface area contributed by atoms with Crippen molar-refractivity contribution in [1.82, 2.24) is 4.90 Å². The summed E-state index contributed by atoms with van der Waals surface area (Å²) >= 11 is 5.99. The lowest BCUT2D eigenvalue weighted by atomic mass is 9.93. The third kappa shape index (κ3) is 2.91. The van der Waals surface area contributed by atoms with Crippen LogP contribution in [0, 0.1) is 5.92 Å². The van der Waals surface area contributed by atoms with Gasteiger partial charge in [-0.25, -0.2) is 8.78 Å². The van der Waals surface area contributed by atoms with Crippen molar-refractivity contribution in [3.8, 4) is 0 Å². The minimum atomic E-state index is -2.94. The van der Waals surface area contributed by atoms with Crippen molar-refractivity contribution >= 4 is 11.6 Å². The fourth-order valence-corrected chi connectivity index (χ4v) is 3.27. The van der Waals surface area contributed by atoms with E-state index in [0.717, 1.165) is 19.9 Å². The van der Waals surface area contributed by atoms with Gasteiger partial charge < -0.3 is 5.73 Å². The van der Waals surface area contributed by atoms with E-state index < -0.39 is 5.92 Å². The number of nitrogens with zero attached hydrogens (tertiary/aromatic N) is 1. The van der Waals surface area contributed by atoms with E-state index in [9.17, 15) is 8.78 Å². The predicted octanol–water partition coefficient (Wildman–Crippen LogP) is 3.40. The Morgan fingerprint density at radius 2 is 2.16 bits per heavy atom. The van der Waals surface area contributed by atoms with Crippen molar-refractivity contribution in [2.45, 2.75) is 25.3 Å². The van der Waals surface area contributed by atoms with Crippen LogP contribution in [0.5, 0.6) is 0 Å². The second-order valence-corrected chi connectivity index (χ2v) is 5.79. The van der Waals surface area contributed by atoms with Gasteiger partial charge in [-0.3, -0.25) is 4.90 Å². The maximum Gasteiger partial charge on any atom is 0.272 e. The topological polar surface area (TPSA) is 29.3 Å². The molecule has 1 aliphatic rings. The molecule has 0 aromatic heterocycles. The first-order valence-electron chi connectivity index (χ1n) is 6.41. The first-order chi connectivity index (χ1) is 8.84. The highest BCUT2D eigenvalue weighted by Gasteiger charge is 2.37. The van der Waals surface area contributed by atoms with Crippen molar-refractivity contribution < 1.29 is 8.78 Å². The number of rotatable bonds is 3. The normalized spacial score (nSPS) is 24.9. The summed E-state index contributed by atoms with van der Waals surface area (Å²) in [7, 11) is 1.94. The SMILES string of the molecule is CN1CC(CN)CC1c1cccc(Cl)c1C(C)(F)F. The summed E-state index contributed by atoms with van der Waals surface area (Å²) < 4.78 is 27.6. The van der Waals surface area contributed by atoms with Crippen LogP contribution in [-0.4, -0.2) is 25.0 Å². The first-order valence-corrected chi connectivity index (χ1v) is 6.79. The number of likely N-dealkylation sites (tertiary alicyclic amines) is 1. The summed E-state index contributed by atoms with van der Waals surface area (Å²) in [6.45, 7) is 2.31. The van der Waals surface area contributed by atoms with Gasteiger partial charge in [-0.1, -0.05) is 23.7 Å². The van der Waals surface area contributed by atoms with Crippen LogP contribution in [0.15, 0.2) is 18.2 Å². The van der Waals surface area contributed by atoms with E-state index in [2.05, 4.69) is 4.90 Å². The van der Waals surface area contributed by atoms with E-state index in [4.69, 9.17) is 17.3 Å². The Morgan fingerprint density at radius 3 is 2.68 bits per heavy atom. The molecular weight excluding hydrogens is 270 g/mol. The maximum absolute atomic E-state index is 13.8. The molecule has 1 aliphatic heterocycles. The van der Waals surface area contributed by atoms with E-state index in [1.807, 2.05) is 7.05 Å². The van der Waals surface area contributed by atoms with E-state index in [1.54, 1.807) is 12.1 Å². The number of nitrogens with two attached hydrogens (primary N) is 1. The summed E-state index contributed by atoms with van der Waals surface area (Å²) in [5.41, 5.74) is 6.26. The van der Waals surface area contributed by atoms with Crippen molar-refractivity contribution in [2.24, 2.45) is 11.7 Å². The zero-order valence-corrected chi connectivity index (χ0v) is 11.9. The van der Waals surface area contributed by atoms with Gasteiger partial charge in [0.05, 0.1) is 5.02 Å². The molecule has 0 amide bonds. The summed E-state index contributed by atoms with van der Waals surface area (Å²) in [4.78, 5) is 2.08. The summed E-state index contributed by atoms with van der Waals surface area (Å²) in [5.74, 6) is -2.58. The molecular formula is C14H19ClF2N2. The molecule has 1 fully saturated rings. The number of alkyl halides is 2. The molecule has 1 aromatic carbocycles. The van der Waals surface area contributed by atoms with Crippen LogP contribution in [0.25, 0.3) is 0 Å². The molecule has 19 heavy (non-hydrogen) atoms. The highest BCUT2D eigenvalue weighted by molar-refractivity contribution is 6.31. The van der Waals surface area contributed by atoms with E-state index in [1.165, 1.54) is 6.07 Å². The van der Waals surface area contributed by atoms with Gasteiger partial charge in [-0.15, -0.1) is 0 Å². The predicted molar refractivity (Wildman–Crippen MR) is 73.6 cm³/mol. The number of benzene rings is 1. The highest BCUT2D eigenvalue weighted by atomic mass is 35.5. The van der Waals surface area contributed by atoms with Crippen LogP contribution in [-0.2, 0) is 5.92 Å². The summed E-state index contributed by atoms with van der Waals surface area (Å²) in [6.07, 6.45) is 0.802. The molecule has 2 N–H and O–H groups in total. The molecule has 1 heterocycles. The molecule has 0 saturated carbocycles. The Morgan fingerprint density at radius 1 is 1.47 bits per heavy atom. The van der Waals surface area contributed by atoms with Crippen LogP contribution < -0.4 is 5.73 Å². The van der Waals surface area contributed by atoms with Gasteiger partial charge >= 0.3 is 0 Å². The smallest absolute Gasteiger partial charge is 0.272 e. The van der Waals surface area contributed by atoms with Crippen molar-refractivity contribution in [3.63, 3.8) is 0 Å². The zero-order valence-electron chi connectivity index (χ0n) is 11.2. The molecule has 5 heteroatoms. The average Bonchev–Trinajstić information content (AvgIpc) is 2.68. The van der Waals surface area contributed by atoms with E-state index >= 15 is 0 Å².